The topological polar surface area (TPSA) is 50.2 Å². The molecule has 0 amide bonds. The van der Waals surface area contributed by atoms with Crippen molar-refractivity contribution in [3.05, 3.63) is 52.2 Å². The van der Waals surface area contributed by atoms with Crippen LogP contribution < -0.4 is 5.43 Å². The molecule has 0 spiro atoms. The molecule has 3 aromatic rings. The molecule has 2 aromatic heterocycles. The van der Waals surface area contributed by atoms with Gasteiger partial charge < -0.3 is 0 Å². The van der Waals surface area contributed by atoms with Gasteiger partial charge in [-0.1, -0.05) is 29.8 Å². The van der Waals surface area contributed by atoms with Gasteiger partial charge in [-0.05, 0) is 31.9 Å². The molecule has 1 aromatic carbocycles. The standard InChI is InChI=1S/C16H16N4S/c1-10-4-6-13(7-5-10)8-19-20-15-14-11(2)12(3)21-16(14)18-9-17-15/h4-9H,1-3H3,(H,17,18,20)/b19-8+. The largest absolute Gasteiger partial charge is 0.261 e. The van der Waals surface area contributed by atoms with E-state index in [1.54, 1.807) is 23.9 Å². The molecular formula is C16H16N4S. The van der Waals surface area contributed by atoms with E-state index in [0.29, 0.717) is 0 Å². The van der Waals surface area contributed by atoms with Crippen molar-refractivity contribution >= 4 is 33.6 Å². The second-order valence-electron chi connectivity index (χ2n) is 4.97. The SMILES string of the molecule is Cc1ccc(/C=N/Nc2ncnc3sc(C)c(C)c23)cc1. The summed E-state index contributed by atoms with van der Waals surface area (Å²) in [6.45, 7) is 6.26. The number of benzene rings is 1. The number of aromatic nitrogens is 2. The molecule has 21 heavy (non-hydrogen) atoms. The fraction of sp³-hybridized carbons (Fsp3) is 0.188. The van der Waals surface area contributed by atoms with Crippen molar-refractivity contribution in [1.82, 2.24) is 9.97 Å². The van der Waals surface area contributed by atoms with Gasteiger partial charge in [0.25, 0.3) is 0 Å². The molecule has 0 saturated carbocycles. The molecule has 0 aliphatic carbocycles. The Kier molecular flexibility index (Phi) is 3.66. The maximum Gasteiger partial charge on any atom is 0.158 e. The summed E-state index contributed by atoms with van der Waals surface area (Å²) >= 11 is 1.68. The van der Waals surface area contributed by atoms with Gasteiger partial charge in [-0.15, -0.1) is 11.3 Å². The predicted octanol–water partition coefficient (Wildman–Crippen LogP) is 4.06. The summed E-state index contributed by atoms with van der Waals surface area (Å²) in [4.78, 5) is 10.9. The number of hydrogen-bond donors (Lipinski definition) is 1. The van der Waals surface area contributed by atoms with Crippen LogP contribution in [-0.2, 0) is 0 Å². The number of rotatable bonds is 3. The van der Waals surface area contributed by atoms with E-state index >= 15 is 0 Å². The summed E-state index contributed by atoms with van der Waals surface area (Å²) in [5, 5.41) is 5.34. The Morgan fingerprint density at radius 2 is 1.86 bits per heavy atom. The minimum Gasteiger partial charge on any atom is -0.261 e. The minimum absolute atomic E-state index is 0.755. The summed E-state index contributed by atoms with van der Waals surface area (Å²) in [6.07, 6.45) is 3.36. The van der Waals surface area contributed by atoms with Crippen molar-refractivity contribution in [3.63, 3.8) is 0 Å². The first-order valence-electron chi connectivity index (χ1n) is 6.71. The average Bonchev–Trinajstić information content (AvgIpc) is 2.77. The lowest BCUT2D eigenvalue weighted by Gasteiger charge is -2.02. The maximum atomic E-state index is 4.32. The van der Waals surface area contributed by atoms with Crippen LogP contribution in [0.3, 0.4) is 0 Å². The first kappa shape index (κ1) is 13.7. The lowest BCUT2D eigenvalue weighted by molar-refractivity contribution is 1.19. The Balaban J connectivity index is 1.87. The fourth-order valence-corrected chi connectivity index (χ4v) is 3.08. The van der Waals surface area contributed by atoms with Crippen LogP contribution in [0.1, 0.15) is 21.6 Å². The van der Waals surface area contributed by atoms with Gasteiger partial charge in [-0.25, -0.2) is 9.97 Å². The Bertz CT molecular complexity index is 803. The zero-order valence-electron chi connectivity index (χ0n) is 12.2. The highest BCUT2D eigenvalue weighted by atomic mass is 32.1. The lowest BCUT2D eigenvalue weighted by atomic mass is 10.2. The summed E-state index contributed by atoms with van der Waals surface area (Å²) in [7, 11) is 0. The second-order valence-corrected chi connectivity index (χ2v) is 6.17. The molecule has 0 radical (unpaired) electrons. The third kappa shape index (κ3) is 2.78. The third-order valence-corrected chi connectivity index (χ3v) is 4.54. The highest BCUT2D eigenvalue weighted by Gasteiger charge is 2.10. The highest BCUT2D eigenvalue weighted by Crippen LogP contribution is 2.32. The van der Waals surface area contributed by atoms with Gasteiger partial charge in [0, 0.05) is 4.88 Å². The molecule has 1 N–H and O–H groups in total. The smallest absolute Gasteiger partial charge is 0.158 e. The van der Waals surface area contributed by atoms with Crippen LogP contribution in [0, 0.1) is 20.8 Å². The number of hydrogen-bond acceptors (Lipinski definition) is 5. The lowest BCUT2D eigenvalue weighted by Crippen LogP contribution is -1.95. The van der Waals surface area contributed by atoms with Crippen LogP contribution in [-0.4, -0.2) is 16.2 Å². The maximum absolute atomic E-state index is 4.32. The highest BCUT2D eigenvalue weighted by molar-refractivity contribution is 7.18. The van der Waals surface area contributed by atoms with Gasteiger partial charge in [0.2, 0.25) is 0 Å². The number of anilines is 1. The van der Waals surface area contributed by atoms with E-state index in [4.69, 9.17) is 0 Å². The molecule has 0 unspecified atom stereocenters. The quantitative estimate of drug-likeness (QED) is 0.585. The number of nitrogens with zero attached hydrogens (tertiary/aromatic N) is 3. The first-order chi connectivity index (χ1) is 10.1. The summed E-state index contributed by atoms with van der Waals surface area (Å²) in [5.41, 5.74) is 6.53. The van der Waals surface area contributed by atoms with Gasteiger partial charge in [0.1, 0.15) is 11.2 Å². The Labute approximate surface area is 127 Å². The Morgan fingerprint density at radius 1 is 1.10 bits per heavy atom. The molecular weight excluding hydrogens is 280 g/mol. The molecule has 0 aliphatic rings. The predicted molar refractivity (Wildman–Crippen MR) is 89.3 cm³/mol. The molecule has 5 heteroatoms. The van der Waals surface area contributed by atoms with Crippen LogP contribution in [0.4, 0.5) is 5.82 Å². The Morgan fingerprint density at radius 3 is 2.62 bits per heavy atom. The number of nitrogens with one attached hydrogen (secondary N) is 1. The van der Waals surface area contributed by atoms with Crippen LogP contribution in [0.5, 0.6) is 0 Å². The third-order valence-electron chi connectivity index (χ3n) is 3.43. The van der Waals surface area contributed by atoms with Gasteiger partial charge in [0.05, 0.1) is 11.6 Å². The van der Waals surface area contributed by atoms with E-state index in [1.807, 2.05) is 12.1 Å². The number of fused-ring (bicyclic) bond motifs is 1. The number of aryl methyl sites for hydroxylation is 3. The van der Waals surface area contributed by atoms with E-state index in [-0.39, 0.29) is 0 Å². The molecule has 0 aliphatic heterocycles. The van der Waals surface area contributed by atoms with Gasteiger partial charge in [-0.2, -0.15) is 5.10 Å². The van der Waals surface area contributed by atoms with E-state index in [1.165, 1.54) is 16.0 Å². The fourth-order valence-electron chi connectivity index (χ4n) is 2.09. The second kappa shape index (κ2) is 5.61. The summed E-state index contributed by atoms with van der Waals surface area (Å²) in [6, 6.07) is 8.21. The van der Waals surface area contributed by atoms with Gasteiger partial charge in [0.15, 0.2) is 5.82 Å². The average molecular weight is 296 g/mol. The molecule has 3 rings (SSSR count). The molecule has 0 bridgehead atoms. The van der Waals surface area contributed by atoms with Crippen molar-refractivity contribution in [2.75, 3.05) is 5.43 Å². The molecule has 106 valence electrons. The van der Waals surface area contributed by atoms with Crippen LogP contribution in [0.2, 0.25) is 0 Å². The molecule has 0 atom stereocenters. The van der Waals surface area contributed by atoms with Crippen LogP contribution in [0.25, 0.3) is 10.2 Å². The minimum atomic E-state index is 0.755. The van der Waals surface area contributed by atoms with Crippen molar-refractivity contribution in [3.8, 4) is 0 Å². The molecule has 0 fully saturated rings. The van der Waals surface area contributed by atoms with Crippen molar-refractivity contribution in [2.45, 2.75) is 20.8 Å². The van der Waals surface area contributed by atoms with Gasteiger partial charge >= 0.3 is 0 Å². The van der Waals surface area contributed by atoms with Crippen LogP contribution in [0.15, 0.2) is 35.7 Å². The number of thiophene rings is 1. The number of hydrazone groups is 1. The van der Waals surface area contributed by atoms with Crippen molar-refractivity contribution in [2.24, 2.45) is 5.10 Å². The zero-order valence-corrected chi connectivity index (χ0v) is 13.0. The van der Waals surface area contributed by atoms with Crippen molar-refractivity contribution < 1.29 is 0 Å². The monoisotopic (exact) mass is 296 g/mol. The molecule has 4 nitrogen and oxygen atoms in total. The van der Waals surface area contributed by atoms with E-state index in [2.05, 4.69) is 53.4 Å². The van der Waals surface area contributed by atoms with Crippen molar-refractivity contribution in [1.29, 1.82) is 0 Å². The molecule has 2 heterocycles. The van der Waals surface area contributed by atoms with E-state index < -0.39 is 0 Å². The normalized spacial score (nSPS) is 11.4. The summed E-state index contributed by atoms with van der Waals surface area (Å²) < 4.78 is 0. The molecule has 0 saturated heterocycles. The van der Waals surface area contributed by atoms with Crippen LogP contribution >= 0.6 is 11.3 Å². The van der Waals surface area contributed by atoms with E-state index in [0.717, 1.165) is 21.6 Å². The zero-order chi connectivity index (χ0) is 14.8. The van der Waals surface area contributed by atoms with Gasteiger partial charge in [-0.3, -0.25) is 5.43 Å². The summed E-state index contributed by atoms with van der Waals surface area (Å²) in [5.74, 6) is 0.755. The van der Waals surface area contributed by atoms with E-state index in [9.17, 15) is 0 Å². The Hall–Kier alpha value is -2.27. The first-order valence-corrected chi connectivity index (χ1v) is 7.53.